The van der Waals surface area contributed by atoms with E-state index in [9.17, 15) is 4.79 Å². The molecule has 3 aromatic rings. The van der Waals surface area contributed by atoms with Crippen molar-refractivity contribution in [1.82, 2.24) is 0 Å². The van der Waals surface area contributed by atoms with Crippen LogP contribution in [0.15, 0.2) is 66.7 Å². The van der Waals surface area contributed by atoms with Gasteiger partial charge in [-0.3, -0.25) is 0 Å². The Morgan fingerprint density at radius 1 is 0.900 bits per heavy atom. The zero-order valence-electron chi connectivity index (χ0n) is 17.8. The standard InChI is InChI=1S/C26H26O4/c1-18-13-19(2)15-23(14-18)30-26(27)12-10-21-9-11-24(25(16-21)28-4)29-17-22-8-6-5-7-20(22)3/h5-16H,17H2,1-4H3/b12-10+. The Balaban J connectivity index is 1.66. The normalized spacial score (nSPS) is 10.8. The van der Waals surface area contributed by atoms with E-state index in [0.29, 0.717) is 23.9 Å². The third-order valence-corrected chi connectivity index (χ3v) is 4.66. The van der Waals surface area contributed by atoms with Crippen molar-refractivity contribution in [3.05, 3.63) is 94.6 Å². The maximum atomic E-state index is 12.2. The van der Waals surface area contributed by atoms with Crippen molar-refractivity contribution in [2.75, 3.05) is 7.11 Å². The molecule has 0 radical (unpaired) electrons. The van der Waals surface area contributed by atoms with Crippen LogP contribution in [-0.4, -0.2) is 13.1 Å². The number of benzene rings is 3. The molecule has 0 aliphatic rings. The molecule has 0 spiro atoms. The Kier molecular flexibility index (Phi) is 6.91. The van der Waals surface area contributed by atoms with Gasteiger partial charge in [-0.15, -0.1) is 0 Å². The molecule has 4 heteroatoms. The van der Waals surface area contributed by atoms with Gasteiger partial charge in [0.2, 0.25) is 0 Å². The summed E-state index contributed by atoms with van der Waals surface area (Å²) in [4.78, 5) is 12.2. The van der Waals surface area contributed by atoms with Crippen LogP contribution in [0.5, 0.6) is 17.2 Å². The molecular formula is C26H26O4. The van der Waals surface area contributed by atoms with Crippen molar-refractivity contribution in [3.63, 3.8) is 0 Å². The summed E-state index contributed by atoms with van der Waals surface area (Å²) in [5, 5.41) is 0. The molecule has 4 nitrogen and oxygen atoms in total. The highest BCUT2D eigenvalue weighted by molar-refractivity contribution is 5.88. The van der Waals surface area contributed by atoms with Gasteiger partial charge < -0.3 is 14.2 Å². The molecule has 0 heterocycles. The summed E-state index contributed by atoms with van der Waals surface area (Å²) in [6.45, 7) is 6.45. The van der Waals surface area contributed by atoms with Crippen LogP contribution in [0.3, 0.4) is 0 Å². The number of aryl methyl sites for hydroxylation is 3. The molecule has 0 atom stereocenters. The first-order chi connectivity index (χ1) is 14.4. The van der Waals surface area contributed by atoms with Crippen molar-refractivity contribution in [1.29, 1.82) is 0 Å². The van der Waals surface area contributed by atoms with Crippen LogP contribution in [0.25, 0.3) is 6.08 Å². The van der Waals surface area contributed by atoms with Gasteiger partial charge in [-0.2, -0.15) is 0 Å². The smallest absolute Gasteiger partial charge is 0.336 e. The number of rotatable bonds is 7. The molecule has 154 valence electrons. The summed E-state index contributed by atoms with van der Waals surface area (Å²) in [6.07, 6.45) is 3.10. The molecule has 3 aromatic carbocycles. The second-order valence-electron chi connectivity index (χ2n) is 7.20. The molecule has 0 saturated heterocycles. The molecule has 0 aliphatic heterocycles. The first-order valence-electron chi connectivity index (χ1n) is 9.78. The lowest BCUT2D eigenvalue weighted by molar-refractivity contribution is -0.128. The molecule has 0 amide bonds. The number of methoxy groups -OCH3 is 1. The summed E-state index contributed by atoms with van der Waals surface area (Å²) in [6, 6.07) is 19.3. The fraction of sp³-hybridized carbons (Fsp3) is 0.192. The van der Waals surface area contributed by atoms with Crippen LogP contribution >= 0.6 is 0 Å². The van der Waals surface area contributed by atoms with Crippen molar-refractivity contribution in [2.45, 2.75) is 27.4 Å². The average molecular weight is 402 g/mol. The van der Waals surface area contributed by atoms with Crippen molar-refractivity contribution in [2.24, 2.45) is 0 Å². The summed E-state index contributed by atoms with van der Waals surface area (Å²) >= 11 is 0. The van der Waals surface area contributed by atoms with E-state index in [-0.39, 0.29) is 0 Å². The average Bonchev–Trinajstić information content (AvgIpc) is 2.71. The third kappa shape index (κ3) is 5.74. The van der Waals surface area contributed by atoms with Gasteiger partial charge in [0, 0.05) is 6.08 Å². The van der Waals surface area contributed by atoms with Gasteiger partial charge in [0.15, 0.2) is 11.5 Å². The quantitative estimate of drug-likeness (QED) is 0.284. The van der Waals surface area contributed by atoms with Crippen LogP contribution in [0.2, 0.25) is 0 Å². The Morgan fingerprint density at radius 2 is 1.63 bits per heavy atom. The number of hydrogen-bond acceptors (Lipinski definition) is 4. The van der Waals surface area contributed by atoms with Crippen LogP contribution in [0.1, 0.15) is 27.8 Å². The number of hydrogen-bond donors (Lipinski definition) is 0. The predicted molar refractivity (Wildman–Crippen MR) is 119 cm³/mol. The summed E-state index contributed by atoms with van der Waals surface area (Å²) in [5.74, 6) is 1.36. The summed E-state index contributed by atoms with van der Waals surface area (Å²) in [5.41, 5.74) is 5.21. The Morgan fingerprint density at radius 3 is 2.33 bits per heavy atom. The van der Waals surface area contributed by atoms with E-state index in [1.54, 1.807) is 13.2 Å². The number of esters is 1. The Labute approximate surface area is 177 Å². The molecule has 0 aromatic heterocycles. The van der Waals surface area contributed by atoms with Gasteiger partial charge in [-0.25, -0.2) is 4.79 Å². The maximum Gasteiger partial charge on any atom is 0.336 e. The van der Waals surface area contributed by atoms with Crippen molar-refractivity contribution < 1.29 is 19.0 Å². The van der Waals surface area contributed by atoms with E-state index in [0.717, 1.165) is 22.3 Å². The maximum absolute atomic E-state index is 12.2. The van der Waals surface area contributed by atoms with Gasteiger partial charge in [-0.05, 0) is 78.9 Å². The summed E-state index contributed by atoms with van der Waals surface area (Å²) in [7, 11) is 1.60. The highest BCUT2D eigenvalue weighted by Gasteiger charge is 2.07. The van der Waals surface area contributed by atoms with Gasteiger partial charge in [-0.1, -0.05) is 36.4 Å². The van der Waals surface area contributed by atoms with E-state index in [4.69, 9.17) is 14.2 Å². The lowest BCUT2D eigenvalue weighted by Gasteiger charge is -2.12. The molecule has 0 bridgehead atoms. The monoisotopic (exact) mass is 402 g/mol. The molecule has 0 aliphatic carbocycles. The van der Waals surface area contributed by atoms with Gasteiger partial charge in [0.1, 0.15) is 12.4 Å². The van der Waals surface area contributed by atoms with Gasteiger partial charge in [0.05, 0.1) is 7.11 Å². The third-order valence-electron chi connectivity index (χ3n) is 4.66. The van der Waals surface area contributed by atoms with E-state index in [1.807, 2.05) is 68.4 Å². The molecule has 0 N–H and O–H groups in total. The van der Waals surface area contributed by atoms with E-state index >= 15 is 0 Å². The lowest BCUT2D eigenvalue weighted by atomic mass is 10.1. The van der Waals surface area contributed by atoms with E-state index in [2.05, 4.69) is 13.0 Å². The minimum absolute atomic E-state index is 0.432. The van der Waals surface area contributed by atoms with Crippen LogP contribution in [0.4, 0.5) is 0 Å². The fourth-order valence-corrected chi connectivity index (χ4v) is 3.14. The van der Waals surface area contributed by atoms with E-state index in [1.165, 1.54) is 11.6 Å². The Hall–Kier alpha value is -3.53. The first kappa shape index (κ1) is 21.2. The van der Waals surface area contributed by atoms with Crippen LogP contribution < -0.4 is 14.2 Å². The second kappa shape index (κ2) is 9.79. The first-order valence-corrected chi connectivity index (χ1v) is 9.78. The number of carbonyl (C=O) groups is 1. The number of ether oxygens (including phenoxy) is 3. The topological polar surface area (TPSA) is 44.8 Å². The van der Waals surface area contributed by atoms with Gasteiger partial charge >= 0.3 is 5.97 Å². The largest absolute Gasteiger partial charge is 0.493 e. The van der Waals surface area contributed by atoms with Crippen molar-refractivity contribution >= 4 is 12.0 Å². The second-order valence-corrected chi connectivity index (χ2v) is 7.20. The summed E-state index contributed by atoms with van der Waals surface area (Å²) < 4.78 is 16.8. The van der Waals surface area contributed by atoms with E-state index < -0.39 is 5.97 Å². The molecular weight excluding hydrogens is 376 g/mol. The highest BCUT2D eigenvalue weighted by atomic mass is 16.5. The molecule has 0 saturated carbocycles. The van der Waals surface area contributed by atoms with Crippen LogP contribution in [0, 0.1) is 20.8 Å². The molecule has 0 unspecified atom stereocenters. The predicted octanol–water partition coefficient (Wildman–Crippen LogP) is 5.82. The zero-order valence-corrected chi connectivity index (χ0v) is 17.8. The fourth-order valence-electron chi connectivity index (χ4n) is 3.14. The Bertz CT molecular complexity index is 1050. The van der Waals surface area contributed by atoms with Crippen molar-refractivity contribution in [3.8, 4) is 17.2 Å². The minimum Gasteiger partial charge on any atom is -0.493 e. The van der Waals surface area contributed by atoms with Crippen LogP contribution in [-0.2, 0) is 11.4 Å². The molecule has 3 rings (SSSR count). The lowest BCUT2D eigenvalue weighted by Crippen LogP contribution is -2.04. The van der Waals surface area contributed by atoms with Gasteiger partial charge in [0.25, 0.3) is 0 Å². The molecule has 0 fully saturated rings. The number of carbonyl (C=O) groups excluding carboxylic acids is 1. The zero-order chi connectivity index (χ0) is 21.5. The SMILES string of the molecule is COc1cc(/C=C/C(=O)Oc2cc(C)cc(C)c2)ccc1OCc1ccccc1C. The highest BCUT2D eigenvalue weighted by Crippen LogP contribution is 2.29. The molecule has 30 heavy (non-hydrogen) atoms. The minimum atomic E-state index is -0.432.